The molecule has 2 aromatic rings. The number of halogens is 1. The van der Waals surface area contributed by atoms with Crippen LogP contribution in [0.3, 0.4) is 0 Å². The summed E-state index contributed by atoms with van der Waals surface area (Å²) in [5, 5.41) is 11.4. The molecule has 0 amide bonds. The van der Waals surface area contributed by atoms with Gasteiger partial charge in [-0.25, -0.2) is 8.42 Å². The highest BCUT2D eigenvalue weighted by Gasteiger charge is 2.23. The van der Waals surface area contributed by atoms with Crippen LogP contribution in [0.15, 0.2) is 35.2 Å². The zero-order valence-electron chi connectivity index (χ0n) is 12.8. The van der Waals surface area contributed by atoms with Crippen LogP contribution < -0.4 is 4.72 Å². The molecule has 0 bridgehead atoms. The summed E-state index contributed by atoms with van der Waals surface area (Å²) in [5.74, 6) is 0. The van der Waals surface area contributed by atoms with Crippen LogP contribution in [-0.2, 0) is 10.0 Å². The Morgan fingerprint density at radius 3 is 2.39 bits per heavy atom. The lowest BCUT2D eigenvalue weighted by Crippen LogP contribution is -2.16. The van der Waals surface area contributed by atoms with Crippen LogP contribution in [0.25, 0.3) is 0 Å². The van der Waals surface area contributed by atoms with Gasteiger partial charge < -0.3 is 0 Å². The Bertz CT molecular complexity index is 895. The molecule has 0 atom stereocenters. The van der Waals surface area contributed by atoms with E-state index in [1.807, 2.05) is 0 Å². The van der Waals surface area contributed by atoms with E-state index < -0.39 is 14.9 Å². The van der Waals surface area contributed by atoms with Crippen molar-refractivity contribution in [1.29, 1.82) is 0 Å². The SMILES string of the molecule is Cc1cc([N+](=O)[O-])cc(S(=O)(=O)Nc2cccc(Cl)c2C)c1C. The fourth-order valence-electron chi connectivity index (χ4n) is 2.11. The number of nitro benzene ring substituents is 1. The molecule has 0 aromatic heterocycles. The Morgan fingerprint density at radius 2 is 1.78 bits per heavy atom. The lowest BCUT2D eigenvalue weighted by Gasteiger charge is -2.14. The molecule has 0 saturated carbocycles. The van der Waals surface area contributed by atoms with E-state index in [2.05, 4.69) is 4.72 Å². The number of nitrogens with zero attached hydrogens (tertiary/aromatic N) is 1. The quantitative estimate of drug-likeness (QED) is 0.664. The third kappa shape index (κ3) is 3.46. The van der Waals surface area contributed by atoms with E-state index in [4.69, 9.17) is 11.6 Å². The number of sulfonamides is 1. The summed E-state index contributed by atoms with van der Waals surface area (Å²) in [4.78, 5) is 10.2. The van der Waals surface area contributed by atoms with E-state index in [9.17, 15) is 18.5 Å². The summed E-state index contributed by atoms with van der Waals surface area (Å²) in [7, 11) is -3.97. The number of hydrogen-bond donors (Lipinski definition) is 1. The molecule has 2 aromatic carbocycles. The minimum Gasteiger partial charge on any atom is -0.279 e. The highest BCUT2D eigenvalue weighted by Crippen LogP contribution is 2.29. The molecule has 0 aliphatic heterocycles. The van der Waals surface area contributed by atoms with Gasteiger partial charge in [0, 0.05) is 17.2 Å². The topological polar surface area (TPSA) is 89.3 Å². The zero-order chi connectivity index (χ0) is 17.4. The first kappa shape index (κ1) is 17.2. The second-order valence-corrected chi connectivity index (χ2v) is 7.22. The molecule has 0 fully saturated rings. The highest BCUT2D eigenvalue weighted by molar-refractivity contribution is 7.92. The smallest absolute Gasteiger partial charge is 0.271 e. The molecule has 8 heteroatoms. The van der Waals surface area contributed by atoms with Gasteiger partial charge in [0.25, 0.3) is 15.7 Å². The standard InChI is InChI=1S/C15H15ClN2O4S/c1-9-7-12(18(19)20)8-15(10(9)2)23(21,22)17-14-6-4-5-13(16)11(14)3/h4-8,17H,1-3H3. The van der Waals surface area contributed by atoms with Crippen LogP contribution in [0.5, 0.6) is 0 Å². The van der Waals surface area contributed by atoms with Gasteiger partial charge in [-0.05, 0) is 49.6 Å². The van der Waals surface area contributed by atoms with Gasteiger partial charge in [-0.3, -0.25) is 14.8 Å². The van der Waals surface area contributed by atoms with Gasteiger partial charge in [0.2, 0.25) is 0 Å². The maximum absolute atomic E-state index is 12.6. The fourth-order valence-corrected chi connectivity index (χ4v) is 3.75. The Hall–Kier alpha value is -2.12. The van der Waals surface area contributed by atoms with E-state index in [0.717, 1.165) is 6.07 Å². The molecular weight excluding hydrogens is 340 g/mol. The third-order valence-electron chi connectivity index (χ3n) is 3.62. The second kappa shape index (κ2) is 6.17. The molecule has 122 valence electrons. The van der Waals surface area contributed by atoms with Gasteiger partial charge in [0.05, 0.1) is 15.5 Å². The largest absolute Gasteiger partial charge is 0.279 e. The Balaban J connectivity index is 2.56. The van der Waals surface area contributed by atoms with Crippen LogP contribution in [-0.4, -0.2) is 13.3 Å². The van der Waals surface area contributed by atoms with Gasteiger partial charge in [-0.15, -0.1) is 0 Å². The number of nitrogens with one attached hydrogen (secondary N) is 1. The van der Waals surface area contributed by atoms with Gasteiger partial charge in [-0.2, -0.15) is 0 Å². The molecule has 1 N–H and O–H groups in total. The molecule has 0 heterocycles. The molecule has 2 rings (SSSR count). The number of nitro groups is 1. The Kier molecular flexibility index (Phi) is 4.63. The normalized spacial score (nSPS) is 11.3. The van der Waals surface area contributed by atoms with E-state index in [0.29, 0.717) is 27.4 Å². The molecule has 0 aliphatic rings. The fraction of sp³-hybridized carbons (Fsp3) is 0.200. The van der Waals surface area contributed by atoms with Crippen LogP contribution in [0.1, 0.15) is 16.7 Å². The van der Waals surface area contributed by atoms with Crippen molar-refractivity contribution in [2.75, 3.05) is 4.72 Å². The van der Waals surface area contributed by atoms with Crippen molar-refractivity contribution >= 4 is 33.0 Å². The molecule has 0 saturated heterocycles. The molecule has 0 aliphatic carbocycles. The molecular formula is C15H15ClN2O4S. The summed E-state index contributed by atoms with van der Waals surface area (Å²) in [6, 6.07) is 7.26. The highest BCUT2D eigenvalue weighted by atomic mass is 35.5. The van der Waals surface area contributed by atoms with Crippen LogP contribution >= 0.6 is 11.6 Å². The second-order valence-electron chi connectivity index (χ2n) is 5.16. The van der Waals surface area contributed by atoms with Crippen molar-refractivity contribution in [2.45, 2.75) is 25.7 Å². The number of hydrogen-bond acceptors (Lipinski definition) is 4. The van der Waals surface area contributed by atoms with Crippen molar-refractivity contribution < 1.29 is 13.3 Å². The first-order valence-electron chi connectivity index (χ1n) is 6.67. The van der Waals surface area contributed by atoms with E-state index in [-0.39, 0.29) is 10.6 Å². The lowest BCUT2D eigenvalue weighted by atomic mass is 10.1. The van der Waals surface area contributed by atoms with Crippen LogP contribution in [0.2, 0.25) is 5.02 Å². The summed E-state index contributed by atoms with van der Waals surface area (Å²) < 4.78 is 27.7. The van der Waals surface area contributed by atoms with Crippen LogP contribution in [0, 0.1) is 30.9 Å². The van der Waals surface area contributed by atoms with E-state index in [1.165, 1.54) is 6.07 Å². The monoisotopic (exact) mass is 354 g/mol. The van der Waals surface area contributed by atoms with Crippen LogP contribution in [0.4, 0.5) is 11.4 Å². The minimum atomic E-state index is -3.97. The predicted octanol–water partition coefficient (Wildman–Crippen LogP) is 3.97. The minimum absolute atomic E-state index is 0.122. The van der Waals surface area contributed by atoms with E-state index in [1.54, 1.807) is 39.0 Å². The van der Waals surface area contributed by atoms with Gasteiger partial charge in [0.15, 0.2) is 0 Å². The first-order valence-corrected chi connectivity index (χ1v) is 8.53. The summed E-state index contributed by atoms with van der Waals surface area (Å²) in [6.07, 6.45) is 0. The lowest BCUT2D eigenvalue weighted by molar-refractivity contribution is -0.385. The van der Waals surface area contributed by atoms with Gasteiger partial charge >= 0.3 is 0 Å². The Morgan fingerprint density at radius 1 is 1.13 bits per heavy atom. The third-order valence-corrected chi connectivity index (χ3v) is 5.52. The average molecular weight is 355 g/mol. The van der Waals surface area contributed by atoms with Crippen molar-refractivity contribution in [1.82, 2.24) is 0 Å². The summed E-state index contributed by atoms with van der Waals surface area (Å²) in [5.41, 5.74) is 1.64. The number of anilines is 1. The molecule has 0 radical (unpaired) electrons. The number of rotatable bonds is 4. The first-order chi connectivity index (χ1) is 10.6. The predicted molar refractivity (Wildman–Crippen MR) is 89.6 cm³/mol. The molecule has 0 spiro atoms. The van der Waals surface area contributed by atoms with Crippen molar-refractivity contribution in [3.63, 3.8) is 0 Å². The maximum atomic E-state index is 12.6. The molecule has 6 nitrogen and oxygen atoms in total. The number of benzene rings is 2. The summed E-state index contributed by atoms with van der Waals surface area (Å²) in [6.45, 7) is 4.93. The van der Waals surface area contributed by atoms with Gasteiger partial charge in [0.1, 0.15) is 0 Å². The molecule has 23 heavy (non-hydrogen) atoms. The Labute approximate surface area is 139 Å². The van der Waals surface area contributed by atoms with Gasteiger partial charge in [-0.1, -0.05) is 17.7 Å². The zero-order valence-corrected chi connectivity index (χ0v) is 14.3. The van der Waals surface area contributed by atoms with Crippen molar-refractivity contribution in [3.8, 4) is 0 Å². The average Bonchev–Trinajstić information content (AvgIpc) is 2.46. The number of aryl methyl sites for hydroxylation is 1. The molecule has 0 unspecified atom stereocenters. The van der Waals surface area contributed by atoms with E-state index >= 15 is 0 Å². The number of non-ortho nitro benzene ring substituents is 1. The van der Waals surface area contributed by atoms with Crippen molar-refractivity contribution in [2.24, 2.45) is 0 Å². The van der Waals surface area contributed by atoms with Crippen molar-refractivity contribution in [3.05, 3.63) is 62.2 Å². The summed E-state index contributed by atoms with van der Waals surface area (Å²) >= 11 is 5.99. The maximum Gasteiger partial charge on any atom is 0.271 e.